The average Bonchev–Trinajstić information content (AvgIpc) is 2.75. The highest BCUT2D eigenvalue weighted by molar-refractivity contribution is 6.08. The molecule has 0 amide bonds. The van der Waals surface area contributed by atoms with E-state index in [2.05, 4.69) is 60.0 Å². The number of hydrogen-bond acceptors (Lipinski definition) is 1. The number of nitrogens with zero attached hydrogens (tertiary/aromatic N) is 1. The second-order valence-corrected chi connectivity index (χ2v) is 10.6. The molecule has 0 aliphatic heterocycles. The second-order valence-electron chi connectivity index (χ2n) is 10.1. The van der Waals surface area contributed by atoms with Crippen molar-refractivity contribution in [2.45, 2.75) is 109 Å². The van der Waals surface area contributed by atoms with Gasteiger partial charge in [0.1, 0.15) is 6.54 Å². The zero-order valence-corrected chi connectivity index (χ0v) is 22.0. The van der Waals surface area contributed by atoms with Gasteiger partial charge in [-0.25, -0.2) is 0 Å². The van der Waals surface area contributed by atoms with Crippen molar-refractivity contribution in [2.24, 2.45) is 0 Å². The van der Waals surface area contributed by atoms with Crippen molar-refractivity contribution in [3.05, 3.63) is 35.9 Å². The molecule has 0 aromatic heterocycles. The third-order valence-electron chi connectivity index (χ3n) is 6.38. The molecule has 1 aromatic carbocycles. The molecular formula is C28H52N2Si+. The fourth-order valence-corrected chi connectivity index (χ4v) is 4.59. The van der Waals surface area contributed by atoms with Gasteiger partial charge in [0.2, 0.25) is 0 Å². The van der Waals surface area contributed by atoms with Crippen LogP contribution < -0.4 is 5.32 Å². The normalized spacial score (nSPS) is 11.8. The van der Waals surface area contributed by atoms with E-state index in [-0.39, 0.29) is 0 Å². The van der Waals surface area contributed by atoms with Gasteiger partial charge in [0.25, 0.3) is 0 Å². The molecule has 0 saturated carbocycles. The van der Waals surface area contributed by atoms with Crippen LogP contribution in [-0.2, 0) is 6.54 Å². The summed E-state index contributed by atoms with van der Waals surface area (Å²) in [6.45, 7) is 4.60. The summed E-state index contributed by atoms with van der Waals surface area (Å²) in [5, 5.41) is 3.66. The molecule has 177 valence electrons. The van der Waals surface area contributed by atoms with Gasteiger partial charge in [-0.2, -0.15) is 0 Å². The topological polar surface area (TPSA) is 12.0 Å². The van der Waals surface area contributed by atoms with Gasteiger partial charge in [-0.05, 0) is 13.0 Å². The fourth-order valence-electron chi connectivity index (χ4n) is 4.34. The number of rotatable bonds is 22. The molecule has 1 N–H and O–H groups in total. The molecule has 0 unspecified atom stereocenters. The quantitative estimate of drug-likeness (QED) is 0.112. The fraction of sp³-hybridized carbons (Fsp3) is 0.786. The minimum absolute atomic E-state index is 1.05. The molecule has 0 aliphatic rings. The van der Waals surface area contributed by atoms with Crippen molar-refractivity contribution >= 4 is 10.2 Å². The van der Waals surface area contributed by atoms with E-state index in [0.717, 1.165) is 17.6 Å². The van der Waals surface area contributed by atoms with Gasteiger partial charge in [0.15, 0.2) is 0 Å². The van der Waals surface area contributed by atoms with E-state index in [1.807, 2.05) is 0 Å². The Morgan fingerprint density at radius 2 is 1.06 bits per heavy atom. The zero-order chi connectivity index (χ0) is 22.5. The molecule has 3 radical (unpaired) electrons. The number of unbranched alkanes of at least 4 members (excludes halogenated alkanes) is 14. The standard InChI is InChI=1S/C28H52N2Si/c1-30(2,27-28-21-17-16-18-22-28)25-24-29-23-19-14-12-10-8-6-4-3-5-7-9-11-13-15-20-26-31/h16-18,21-22,29H,3-15,19-20,23-27H2,1-2H3/q+1. The maximum Gasteiger partial charge on any atom is 0.104 e. The summed E-state index contributed by atoms with van der Waals surface area (Å²) in [5.74, 6) is 0. The van der Waals surface area contributed by atoms with Crippen LogP contribution in [-0.4, -0.2) is 48.5 Å². The minimum atomic E-state index is 1.05. The molecule has 0 saturated heterocycles. The van der Waals surface area contributed by atoms with Crippen molar-refractivity contribution in [1.82, 2.24) is 5.32 Å². The highest BCUT2D eigenvalue weighted by Crippen LogP contribution is 2.13. The maximum absolute atomic E-state index is 3.66. The van der Waals surface area contributed by atoms with E-state index in [1.165, 1.54) is 121 Å². The lowest BCUT2D eigenvalue weighted by atomic mass is 10.0. The summed E-state index contributed by atoms with van der Waals surface area (Å²) < 4.78 is 1.05. The van der Waals surface area contributed by atoms with Gasteiger partial charge >= 0.3 is 0 Å². The predicted octanol–water partition coefficient (Wildman–Crippen LogP) is 7.29. The number of benzene rings is 1. The maximum atomic E-state index is 3.66. The predicted molar refractivity (Wildman–Crippen MR) is 140 cm³/mol. The first kappa shape index (κ1) is 28.4. The van der Waals surface area contributed by atoms with Crippen molar-refractivity contribution in [2.75, 3.05) is 33.7 Å². The molecule has 0 bridgehead atoms. The van der Waals surface area contributed by atoms with Crippen LogP contribution in [0.2, 0.25) is 6.04 Å². The molecule has 3 heteroatoms. The van der Waals surface area contributed by atoms with Gasteiger partial charge in [-0.3, -0.25) is 0 Å². The van der Waals surface area contributed by atoms with Gasteiger partial charge < -0.3 is 9.80 Å². The first-order valence-electron chi connectivity index (χ1n) is 13.4. The highest BCUT2D eigenvalue weighted by Gasteiger charge is 2.14. The smallest absolute Gasteiger partial charge is 0.104 e. The van der Waals surface area contributed by atoms with Crippen molar-refractivity contribution in [1.29, 1.82) is 0 Å². The molecule has 2 nitrogen and oxygen atoms in total. The second kappa shape index (κ2) is 20.0. The van der Waals surface area contributed by atoms with Crippen LogP contribution in [0.1, 0.15) is 102 Å². The van der Waals surface area contributed by atoms with E-state index in [1.54, 1.807) is 0 Å². The third kappa shape index (κ3) is 18.6. The minimum Gasteiger partial charge on any atom is -0.324 e. The average molecular weight is 445 g/mol. The number of nitrogens with one attached hydrogen (secondary N) is 1. The number of hydrogen-bond donors (Lipinski definition) is 1. The molecule has 31 heavy (non-hydrogen) atoms. The largest absolute Gasteiger partial charge is 0.324 e. The van der Waals surface area contributed by atoms with Gasteiger partial charge in [0, 0.05) is 22.4 Å². The molecule has 0 aliphatic carbocycles. The number of quaternary nitrogens is 1. The number of likely N-dealkylation sites (N-methyl/N-ethyl adjacent to an activating group) is 1. The van der Waals surface area contributed by atoms with Gasteiger partial charge in [0.05, 0.1) is 20.6 Å². The lowest BCUT2D eigenvalue weighted by Gasteiger charge is -2.30. The van der Waals surface area contributed by atoms with E-state index in [9.17, 15) is 0 Å². The molecule has 0 spiro atoms. The summed E-state index contributed by atoms with van der Waals surface area (Å²) in [7, 11) is 8.23. The van der Waals surface area contributed by atoms with Gasteiger partial charge in [-0.1, -0.05) is 126 Å². The lowest BCUT2D eigenvalue weighted by molar-refractivity contribution is -0.902. The Balaban J connectivity index is 1.78. The molecular weight excluding hydrogens is 392 g/mol. The van der Waals surface area contributed by atoms with Crippen LogP contribution in [0.4, 0.5) is 0 Å². The Morgan fingerprint density at radius 3 is 1.55 bits per heavy atom. The lowest BCUT2D eigenvalue weighted by Crippen LogP contribution is -2.43. The van der Waals surface area contributed by atoms with E-state index in [0.29, 0.717) is 0 Å². The van der Waals surface area contributed by atoms with Gasteiger partial charge in [-0.15, -0.1) is 0 Å². The van der Waals surface area contributed by atoms with E-state index in [4.69, 9.17) is 0 Å². The van der Waals surface area contributed by atoms with Crippen LogP contribution in [0.25, 0.3) is 0 Å². The SMILES string of the molecule is C[N+](C)(CCNCCCCCCCCCCCCCCCCC[Si])Cc1ccccc1. The first-order valence-corrected chi connectivity index (χ1v) is 14.1. The summed E-state index contributed by atoms with van der Waals surface area (Å²) in [6, 6.07) is 12.0. The molecule has 0 heterocycles. The molecule has 0 fully saturated rings. The molecule has 1 rings (SSSR count). The zero-order valence-electron chi connectivity index (χ0n) is 21.0. The Morgan fingerprint density at radius 1 is 0.613 bits per heavy atom. The third-order valence-corrected chi connectivity index (χ3v) is 6.73. The van der Waals surface area contributed by atoms with Crippen molar-refractivity contribution in [3.63, 3.8) is 0 Å². The Bertz CT molecular complexity index is 489. The Labute approximate surface area is 198 Å². The Hall–Kier alpha value is -0.643. The van der Waals surface area contributed by atoms with Crippen molar-refractivity contribution < 1.29 is 4.48 Å². The summed E-state index contributed by atoms with van der Waals surface area (Å²) >= 11 is 0. The highest BCUT2D eigenvalue weighted by atomic mass is 28.1. The van der Waals surface area contributed by atoms with Crippen molar-refractivity contribution in [3.8, 4) is 0 Å². The first-order chi connectivity index (χ1) is 15.1. The molecule has 0 atom stereocenters. The van der Waals surface area contributed by atoms with Crippen LogP contribution in [0.5, 0.6) is 0 Å². The summed E-state index contributed by atoms with van der Waals surface area (Å²) in [4.78, 5) is 0. The Kier molecular flexibility index (Phi) is 18.3. The van der Waals surface area contributed by atoms with Crippen LogP contribution in [0.3, 0.4) is 0 Å². The van der Waals surface area contributed by atoms with Crippen LogP contribution >= 0.6 is 0 Å². The van der Waals surface area contributed by atoms with E-state index >= 15 is 0 Å². The summed E-state index contributed by atoms with van der Waals surface area (Å²) in [6.07, 6.45) is 21.4. The van der Waals surface area contributed by atoms with Crippen LogP contribution in [0.15, 0.2) is 30.3 Å². The molecule has 1 aromatic rings. The summed E-state index contributed by atoms with van der Waals surface area (Å²) in [5.41, 5.74) is 1.43. The van der Waals surface area contributed by atoms with Crippen LogP contribution in [0, 0.1) is 0 Å². The monoisotopic (exact) mass is 444 g/mol. The van der Waals surface area contributed by atoms with E-state index < -0.39 is 0 Å².